The number of hydrogen-bond acceptors (Lipinski definition) is 7. The van der Waals surface area contributed by atoms with Gasteiger partial charge in [0.15, 0.2) is 17.2 Å². The van der Waals surface area contributed by atoms with Crippen LogP contribution < -0.4 is 26.0 Å². The van der Waals surface area contributed by atoms with Crippen molar-refractivity contribution in [3.8, 4) is 5.75 Å². The Morgan fingerprint density at radius 2 is 2.16 bits per heavy atom. The van der Waals surface area contributed by atoms with Gasteiger partial charge in [0, 0.05) is 26.0 Å². The highest BCUT2D eigenvalue weighted by atomic mass is 19.1. The van der Waals surface area contributed by atoms with E-state index in [2.05, 4.69) is 31.3 Å². The van der Waals surface area contributed by atoms with Crippen LogP contribution in [0, 0.1) is 0 Å². The first-order valence-electron chi connectivity index (χ1n) is 9.87. The minimum absolute atomic E-state index is 0.0312. The molecule has 1 aliphatic carbocycles. The summed E-state index contributed by atoms with van der Waals surface area (Å²) < 4.78 is 20.3. The molecule has 1 aromatic carbocycles. The fourth-order valence-corrected chi connectivity index (χ4v) is 3.46. The van der Waals surface area contributed by atoms with Gasteiger partial charge in [-0.15, -0.1) is 0 Å². The topological polar surface area (TPSA) is 122 Å². The number of carbonyl (C=O) groups is 2. The van der Waals surface area contributed by atoms with E-state index in [1.54, 1.807) is 31.3 Å². The van der Waals surface area contributed by atoms with Gasteiger partial charge in [-0.2, -0.15) is 9.61 Å². The number of halogens is 1. The third kappa shape index (κ3) is 3.58. The summed E-state index contributed by atoms with van der Waals surface area (Å²) in [5, 5.41) is 15.7. The van der Waals surface area contributed by atoms with Crippen molar-refractivity contribution in [2.45, 2.75) is 25.1 Å². The van der Waals surface area contributed by atoms with E-state index in [9.17, 15) is 14.0 Å². The van der Waals surface area contributed by atoms with Crippen LogP contribution in [-0.2, 0) is 0 Å². The zero-order valence-electron chi connectivity index (χ0n) is 16.6. The number of aromatic nitrogens is 3. The highest BCUT2D eigenvalue weighted by molar-refractivity contribution is 6.01. The lowest BCUT2D eigenvalue weighted by Gasteiger charge is -2.20. The molecule has 11 heteroatoms. The second-order valence-electron chi connectivity index (χ2n) is 7.36. The van der Waals surface area contributed by atoms with Gasteiger partial charge in [0.2, 0.25) is 0 Å². The highest BCUT2D eigenvalue weighted by Crippen LogP contribution is 2.35. The Balaban J connectivity index is 1.46. The molecule has 2 amide bonds. The second kappa shape index (κ2) is 7.42. The van der Waals surface area contributed by atoms with E-state index >= 15 is 0 Å². The van der Waals surface area contributed by atoms with Gasteiger partial charge in [0.05, 0.1) is 30.1 Å². The maximum Gasteiger partial charge on any atom is 0.319 e. The molecule has 3 aromatic rings. The SMILES string of the molecule is CNc1cc(Nc2cccc3c2OCCC3=O)nc2c(NC(=O)N[C@@H]3C[C@@H]3F)cnn12. The van der Waals surface area contributed by atoms with Gasteiger partial charge >= 0.3 is 6.03 Å². The highest BCUT2D eigenvalue weighted by Gasteiger charge is 2.38. The summed E-state index contributed by atoms with van der Waals surface area (Å²) in [6, 6.07) is 6.08. The van der Waals surface area contributed by atoms with Gasteiger partial charge in [-0.25, -0.2) is 14.2 Å². The number of ketones is 1. The Labute approximate surface area is 176 Å². The number of para-hydroxylation sites is 1. The molecular formula is C20H20FN7O3. The number of Topliss-reactive ketones (excluding diaryl/α,β-unsaturated/α-hetero) is 1. The number of fused-ring (bicyclic) bond motifs is 2. The first-order valence-corrected chi connectivity index (χ1v) is 9.87. The lowest BCUT2D eigenvalue weighted by molar-refractivity contribution is 0.0934. The molecule has 31 heavy (non-hydrogen) atoms. The first-order chi connectivity index (χ1) is 15.0. The predicted molar refractivity (Wildman–Crippen MR) is 112 cm³/mol. The van der Waals surface area contributed by atoms with Crippen LogP contribution in [0.4, 0.5) is 32.2 Å². The molecule has 0 unspecified atom stereocenters. The van der Waals surface area contributed by atoms with Crippen LogP contribution in [0.25, 0.3) is 5.65 Å². The number of urea groups is 1. The van der Waals surface area contributed by atoms with Crippen LogP contribution in [0.3, 0.4) is 0 Å². The van der Waals surface area contributed by atoms with Crippen LogP contribution >= 0.6 is 0 Å². The maximum absolute atomic E-state index is 13.1. The largest absolute Gasteiger partial charge is 0.490 e. The molecule has 5 rings (SSSR count). The maximum atomic E-state index is 13.1. The Morgan fingerprint density at radius 3 is 2.94 bits per heavy atom. The van der Waals surface area contributed by atoms with Crippen molar-refractivity contribution in [3.63, 3.8) is 0 Å². The van der Waals surface area contributed by atoms with Gasteiger partial charge < -0.3 is 26.0 Å². The van der Waals surface area contributed by atoms with Crippen LogP contribution in [0.5, 0.6) is 5.75 Å². The van der Waals surface area contributed by atoms with Crippen LogP contribution in [-0.4, -0.2) is 52.3 Å². The number of rotatable bonds is 5. The number of amides is 2. The normalized spacial score (nSPS) is 19.4. The Morgan fingerprint density at radius 1 is 1.32 bits per heavy atom. The molecule has 2 aliphatic rings. The Hall–Kier alpha value is -3.89. The molecule has 4 N–H and O–H groups in total. The smallest absolute Gasteiger partial charge is 0.319 e. The number of nitrogens with zero attached hydrogens (tertiary/aromatic N) is 3. The van der Waals surface area contributed by atoms with Crippen molar-refractivity contribution in [2.24, 2.45) is 0 Å². The monoisotopic (exact) mass is 425 g/mol. The number of nitrogens with one attached hydrogen (secondary N) is 4. The van der Waals surface area contributed by atoms with Gasteiger partial charge in [0.1, 0.15) is 23.5 Å². The molecule has 1 fully saturated rings. The number of benzene rings is 1. The first kappa shape index (κ1) is 19.1. The molecule has 3 heterocycles. The Kier molecular flexibility index (Phi) is 4.57. The molecule has 2 aromatic heterocycles. The van der Waals surface area contributed by atoms with E-state index in [0.29, 0.717) is 59.4 Å². The van der Waals surface area contributed by atoms with Crippen molar-refractivity contribution < 1.29 is 18.7 Å². The fourth-order valence-electron chi connectivity index (χ4n) is 3.46. The summed E-state index contributed by atoms with van der Waals surface area (Å²) in [4.78, 5) is 28.9. The van der Waals surface area contributed by atoms with Crippen LogP contribution in [0.1, 0.15) is 23.2 Å². The summed E-state index contributed by atoms with van der Waals surface area (Å²) in [6.07, 6.45) is 1.15. The fraction of sp³-hybridized carbons (Fsp3) is 0.300. The zero-order chi connectivity index (χ0) is 21.5. The lowest BCUT2D eigenvalue weighted by Crippen LogP contribution is -2.31. The van der Waals surface area contributed by atoms with E-state index in [-0.39, 0.29) is 5.78 Å². The molecule has 1 aliphatic heterocycles. The Bertz CT molecular complexity index is 1190. The molecular weight excluding hydrogens is 405 g/mol. The standard InChI is InChI=1S/C20H20FN7O3/c1-22-17-8-16(24-12-4-2-3-10-15(29)5-6-31-18(10)12)27-19-14(9-23-28(17)19)26-20(30)25-13-7-11(13)21/h2-4,8-9,11,13,22H,5-7H2,1H3,(H,24,27)(H2,25,26,30)/t11-,13+/m0/s1. The molecule has 1 saturated carbocycles. The molecule has 0 radical (unpaired) electrons. The number of hydrogen-bond donors (Lipinski definition) is 4. The van der Waals surface area contributed by atoms with E-state index in [1.165, 1.54) is 10.7 Å². The summed E-state index contributed by atoms with van der Waals surface area (Å²) in [6.45, 7) is 0.325. The minimum atomic E-state index is -0.995. The van der Waals surface area contributed by atoms with Gasteiger partial charge in [-0.1, -0.05) is 6.07 Å². The van der Waals surface area contributed by atoms with E-state index in [0.717, 1.165) is 0 Å². The lowest BCUT2D eigenvalue weighted by atomic mass is 10.0. The van der Waals surface area contributed by atoms with Crippen molar-refractivity contribution in [1.29, 1.82) is 0 Å². The number of carbonyl (C=O) groups excluding carboxylic acids is 2. The number of alkyl halides is 1. The predicted octanol–water partition coefficient (Wildman–Crippen LogP) is 2.71. The van der Waals surface area contributed by atoms with Gasteiger partial charge in [-0.3, -0.25) is 4.79 Å². The summed E-state index contributed by atoms with van der Waals surface area (Å²) in [7, 11) is 1.74. The average Bonchev–Trinajstić information content (AvgIpc) is 3.30. The van der Waals surface area contributed by atoms with Crippen molar-refractivity contribution in [2.75, 3.05) is 29.6 Å². The van der Waals surface area contributed by atoms with Gasteiger partial charge in [0.25, 0.3) is 0 Å². The third-order valence-corrected chi connectivity index (χ3v) is 5.16. The van der Waals surface area contributed by atoms with E-state index in [1.807, 2.05) is 0 Å². The zero-order valence-corrected chi connectivity index (χ0v) is 16.6. The van der Waals surface area contributed by atoms with Crippen molar-refractivity contribution in [1.82, 2.24) is 19.9 Å². The van der Waals surface area contributed by atoms with Crippen LogP contribution in [0.15, 0.2) is 30.5 Å². The third-order valence-electron chi connectivity index (χ3n) is 5.16. The van der Waals surface area contributed by atoms with E-state index in [4.69, 9.17) is 4.74 Å². The molecule has 0 spiro atoms. The summed E-state index contributed by atoms with van der Waals surface area (Å²) >= 11 is 0. The number of anilines is 4. The van der Waals surface area contributed by atoms with Crippen LogP contribution in [0.2, 0.25) is 0 Å². The molecule has 0 saturated heterocycles. The quantitative estimate of drug-likeness (QED) is 0.496. The molecule has 2 atom stereocenters. The van der Waals surface area contributed by atoms with E-state index < -0.39 is 18.2 Å². The molecule has 10 nitrogen and oxygen atoms in total. The number of ether oxygens (including phenoxy) is 1. The molecule has 160 valence electrons. The summed E-state index contributed by atoms with van der Waals surface area (Å²) in [5.74, 6) is 1.60. The van der Waals surface area contributed by atoms with Crippen molar-refractivity contribution in [3.05, 3.63) is 36.0 Å². The van der Waals surface area contributed by atoms with Gasteiger partial charge in [-0.05, 0) is 12.1 Å². The van der Waals surface area contributed by atoms with Crippen molar-refractivity contribution >= 4 is 40.5 Å². The minimum Gasteiger partial charge on any atom is -0.490 e. The summed E-state index contributed by atoms with van der Waals surface area (Å²) in [5.41, 5.74) is 1.90. The molecule has 0 bridgehead atoms. The second-order valence-corrected chi connectivity index (χ2v) is 7.36. The average molecular weight is 425 g/mol.